The van der Waals surface area contributed by atoms with E-state index < -0.39 is 0 Å². The van der Waals surface area contributed by atoms with Crippen LogP contribution in [0.5, 0.6) is 11.5 Å². The summed E-state index contributed by atoms with van der Waals surface area (Å²) in [5.74, 6) is 1.99. The predicted molar refractivity (Wildman–Crippen MR) is 102 cm³/mol. The van der Waals surface area contributed by atoms with Gasteiger partial charge in [0, 0.05) is 11.3 Å². The maximum absolute atomic E-state index is 12.1. The van der Waals surface area contributed by atoms with E-state index in [1.54, 1.807) is 50.4 Å². The third kappa shape index (κ3) is 5.83. The van der Waals surface area contributed by atoms with Crippen molar-refractivity contribution in [3.63, 3.8) is 0 Å². The van der Waals surface area contributed by atoms with Crippen LogP contribution in [0.25, 0.3) is 0 Å². The Hall–Kier alpha value is -2.47. The fourth-order valence-electron chi connectivity index (χ4n) is 2.07. The van der Waals surface area contributed by atoms with Crippen molar-refractivity contribution in [2.45, 2.75) is 17.9 Å². The van der Waals surface area contributed by atoms with Crippen LogP contribution in [0.15, 0.2) is 53.6 Å². The Morgan fingerprint density at radius 3 is 2.64 bits per heavy atom. The average Bonchev–Trinajstić information content (AvgIpc) is 2.66. The maximum Gasteiger partial charge on any atom is 0.252 e. The summed E-state index contributed by atoms with van der Waals surface area (Å²) in [7, 11) is 3.18. The van der Waals surface area contributed by atoms with Gasteiger partial charge in [-0.1, -0.05) is 30.3 Å². The second kappa shape index (κ2) is 9.74. The highest BCUT2D eigenvalue weighted by atomic mass is 32.2. The van der Waals surface area contributed by atoms with Gasteiger partial charge in [-0.2, -0.15) is 5.10 Å². The first-order valence-electron chi connectivity index (χ1n) is 7.84. The Balaban J connectivity index is 1.89. The van der Waals surface area contributed by atoms with Crippen molar-refractivity contribution in [1.29, 1.82) is 0 Å². The molecule has 2 aromatic carbocycles. The van der Waals surface area contributed by atoms with Gasteiger partial charge in [0.15, 0.2) is 0 Å². The minimum Gasteiger partial charge on any atom is -0.497 e. The molecule has 0 aliphatic carbocycles. The van der Waals surface area contributed by atoms with Crippen molar-refractivity contribution in [3.05, 3.63) is 59.7 Å². The molecule has 5 nitrogen and oxygen atoms in total. The zero-order chi connectivity index (χ0) is 18.1. The first-order chi connectivity index (χ1) is 12.1. The van der Waals surface area contributed by atoms with Crippen molar-refractivity contribution in [2.75, 3.05) is 14.2 Å². The number of carbonyl (C=O) groups excluding carboxylic acids is 1. The molecule has 2 rings (SSSR count). The number of nitrogens with zero attached hydrogens (tertiary/aromatic N) is 1. The quantitative estimate of drug-likeness (QED) is 0.580. The van der Waals surface area contributed by atoms with Crippen LogP contribution in [-0.4, -0.2) is 31.6 Å². The van der Waals surface area contributed by atoms with Crippen LogP contribution in [0.3, 0.4) is 0 Å². The zero-order valence-electron chi connectivity index (χ0n) is 14.6. The Morgan fingerprint density at radius 2 is 1.96 bits per heavy atom. The second-order valence-electron chi connectivity index (χ2n) is 5.28. The van der Waals surface area contributed by atoms with E-state index in [9.17, 15) is 4.79 Å². The van der Waals surface area contributed by atoms with E-state index >= 15 is 0 Å². The summed E-state index contributed by atoms with van der Waals surface area (Å²) >= 11 is 1.57. The largest absolute Gasteiger partial charge is 0.497 e. The summed E-state index contributed by atoms with van der Waals surface area (Å²) in [6.45, 7) is 1.87. The third-order valence-corrected chi connectivity index (χ3v) is 4.74. The van der Waals surface area contributed by atoms with E-state index in [2.05, 4.69) is 10.5 Å². The van der Waals surface area contributed by atoms with Crippen molar-refractivity contribution in [2.24, 2.45) is 5.10 Å². The molecule has 0 unspecified atom stereocenters. The predicted octanol–water partition coefficient (Wildman–Crippen LogP) is 3.48. The highest BCUT2D eigenvalue weighted by Gasteiger charge is 2.12. The molecule has 0 aliphatic heterocycles. The summed E-state index contributed by atoms with van der Waals surface area (Å²) in [5, 5.41) is 3.82. The molecule has 0 fully saturated rings. The Kier molecular flexibility index (Phi) is 7.35. The van der Waals surface area contributed by atoms with Gasteiger partial charge >= 0.3 is 0 Å². The van der Waals surface area contributed by atoms with Gasteiger partial charge in [0.25, 0.3) is 5.91 Å². The van der Waals surface area contributed by atoms with Crippen molar-refractivity contribution < 1.29 is 14.3 Å². The summed E-state index contributed by atoms with van der Waals surface area (Å²) in [4.78, 5) is 12.1. The zero-order valence-corrected chi connectivity index (χ0v) is 15.4. The topological polar surface area (TPSA) is 59.9 Å². The van der Waals surface area contributed by atoms with Gasteiger partial charge in [-0.05, 0) is 30.7 Å². The summed E-state index contributed by atoms with van der Waals surface area (Å²) < 4.78 is 10.5. The summed E-state index contributed by atoms with van der Waals surface area (Å²) in [6.07, 6.45) is 1.55. The molecule has 6 heteroatoms. The molecule has 0 radical (unpaired) electrons. The standard InChI is InChI=1S/C19H22N2O3S/c1-14(25-13-15-7-5-4-6-8-15)19(22)21-20-12-16-11-17(23-2)9-10-18(16)24-3/h4-12,14H,13H2,1-3H3,(H,21,22)/b20-12-/t14-/m1/s1. The number of hydrazone groups is 1. The number of hydrogen-bond acceptors (Lipinski definition) is 5. The molecule has 0 aromatic heterocycles. The molecular formula is C19H22N2O3S. The molecule has 0 bridgehead atoms. The number of hydrogen-bond donors (Lipinski definition) is 1. The lowest BCUT2D eigenvalue weighted by Crippen LogP contribution is -2.27. The minimum absolute atomic E-state index is 0.140. The molecule has 0 aliphatic rings. The molecule has 1 N–H and O–H groups in total. The average molecular weight is 358 g/mol. The van der Waals surface area contributed by atoms with Crippen LogP contribution in [-0.2, 0) is 10.5 Å². The molecule has 0 saturated heterocycles. The number of nitrogens with one attached hydrogen (secondary N) is 1. The highest BCUT2D eigenvalue weighted by molar-refractivity contribution is 7.99. The van der Waals surface area contributed by atoms with Crippen LogP contribution in [0, 0.1) is 0 Å². The number of thioether (sulfide) groups is 1. The van der Waals surface area contributed by atoms with E-state index in [0.29, 0.717) is 11.5 Å². The number of rotatable bonds is 8. The van der Waals surface area contributed by atoms with Gasteiger partial charge in [-0.3, -0.25) is 4.79 Å². The van der Waals surface area contributed by atoms with E-state index in [4.69, 9.17) is 9.47 Å². The third-order valence-electron chi connectivity index (χ3n) is 3.53. The number of benzene rings is 2. The van der Waals surface area contributed by atoms with E-state index in [1.807, 2.05) is 37.3 Å². The van der Waals surface area contributed by atoms with Gasteiger partial charge in [0.05, 0.1) is 25.7 Å². The second-order valence-corrected chi connectivity index (χ2v) is 6.61. The molecule has 2 aromatic rings. The fourth-order valence-corrected chi connectivity index (χ4v) is 2.91. The molecule has 132 valence electrons. The van der Waals surface area contributed by atoms with Crippen molar-refractivity contribution in [1.82, 2.24) is 5.43 Å². The normalized spacial score (nSPS) is 12.0. The minimum atomic E-state index is -0.204. The smallest absolute Gasteiger partial charge is 0.252 e. The molecular weight excluding hydrogens is 336 g/mol. The molecule has 1 atom stereocenters. The first-order valence-corrected chi connectivity index (χ1v) is 8.89. The van der Waals surface area contributed by atoms with Gasteiger partial charge in [-0.25, -0.2) is 5.43 Å². The van der Waals surface area contributed by atoms with Crippen LogP contribution >= 0.6 is 11.8 Å². The lowest BCUT2D eigenvalue weighted by Gasteiger charge is -2.10. The van der Waals surface area contributed by atoms with Gasteiger partial charge < -0.3 is 9.47 Å². The lowest BCUT2D eigenvalue weighted by molar-refractivity contribution is -0.120. The number of methoxy groups -OCH3 is 2. The molecule has 0 heterocycles. The molecule has 0 spiro atoms. The Bertz CT molecular complexity index is 720. The SMILES string of the molecule is COc1ccc(OC)c(/C=N\NC(=O)[C@@H](C)SCc2ccccc2)c1. The van der Waals surface area contributed by atoms with Gasteiger partial charge in [0.1, 0.15) is 11.5 Å². The van der Waals surface area contributed by atoms with E-state index in [1.165, 1.54) is 5.56 Å². The summed E-state index contributed by atoms with van der Waals surface area (Å²) in [6, 6.07) is 15.4. The van der Waals surface area contributed by atoms with Crippen molar-refractivity contribution >= 4 is 23.9 Å². The van der Waals surface area contributed by atoms with Crippen LogP contribution in [0.4, 0.5) is 0 Å². The first kappa shape index (κ1) is 18.9. The van der Waals surface area contributed by atoms with E-state index in [-0.39, 0.29) is 11.2 Å². The lowest BCUT2D eigenvalue weighted by atomic mass is 10.2. The van der Waals surface area contributed by atoms with Gasteiger partial charge in [0.2, 0.25) is 0 Å². The monoisotopic (exact) mass is 358 g/mol. The Labute approximate surface area is 152 Å². The maximum atomic E-state index is 12.1. The van der Waals surface area contributed by atoms with Gasteiger partial charge in [-0.15, -0.1) is 11.8 Å². The number of carbonyl (C=O) groups is 1. The molecule has 0 saturated carbocycles. The van der Waals surface area contributed by atoms with E-state index in [0.717, 1.165) is 11.3 Å². The number of amides is 1. The Morgan fingerprint density at radius 1 is 1.20 bits per heavy atom. The highest BCUT2D eigenvalue weighted by Crippen LogP contribution is 2.22. The number of ether oxygens (including phenoxy) is 2. The molecule has 25 heavy (non-hydrogen) atoms. The molecule has 1 amide bonds. The van der Waals surface area contributed by atoms with Crippen LogP contribution in [0.2, 0.25) is 0 Å². The van der Waals surface area contributed by atoms with Crippen molar-refractivity contribution in [3.8, 4) is 11.5 Å². The van der Waals surface area contributed by atoms with Crippen LogP contribution in [0.1, 0.15) is 18.1 Å². The summed E-state index contributed by atoms with van der Waals surface area (Å²) in [5.41, 5.74) is 4.49. The van der Waals surface area contributed by atoms with Crippen LogP contribution < -0.4 is 14.9 Å². The fraction of sp³-hybridized carbons (Fsp3) is 0.263.